The molecule has 2 heterocycles. The number of hydrogen-bond donors (Lipinski definition) is 0. The Morgan fingerprint density at radius 3 is 2.32 bits per heavy atom. The van der Waals surface area contributed by atoms with Crippen LogP contribution in [0.2, 0.25) is 0 Å². The van der Waals surface area contributed by atoms with Crippen LogP contribution >= 0.6 is 0 Å². The lowest BCUT2D eigenvalue weighted by Gasteiger charge is -2.46. The Labute approximate surface area is 220 Å². The molecule has 1 spiro atoms. The van der Waals surface area contributed by atoms with Crippen molar-refractivity contribution >= 4 is 44.8 Å². The van der Waals surface area contributed by atoms with Gasteiger partial charge in [0, 0.05) is 35.1 Å². The van der Waals surface area contributed by atoms with Crippen LogP contribution < -0.4 is 9.64 Å². The zero-order valence-corrected chi connectivity index (χ0v) is 21.1. The molecule has 0 bridgehead atoms. The zero-order chi connectivity index (χ0) is 26.1. The van der Waals surface area contributed by atoms with Crippen molar-refractivity contribution in [2.75, 3.05) is 4.90 Å². The predicted molar refractivity (Wildman–Crippen MR) is 152 cm³/mol. The van der Waals surface area contributed by atoms with E-state index >= 15 is 0 Å². The number of non-ortho nitro benzene ring substituents is 1. The van der Waals surface area contributed by atoms with E-state index in [4.69, 9.17) is 9.73 Å². The molecular weight excluding hydrogens is 474 g/mol. The monoisotopic (exact) mass is 499 g/mol. The van der Waals surface area contributed by atoms with E-state index in [2.05, 4.69) is 55.1 Å². The summed E-state index contributed by atoms with van der Waals surface area (Å²) in [5.41, 5.74) is 2.77. The molecule has 0 aliphatic carbocycles. The van der Waals surface area contributed by atoms with Crippen LogP contribution in [-0.2, 0) is 12.0 Å². The first-order valence-electron chi connectivity index (χ1n) is 12.7. The fourth-order valence-corrected chi connectivity index (χ4v) is 6.14. The maximum atomic E-state index is 11.6. The van der Waals surface area contributed by atoms with Crippen molar-refractivity contribution in [1.82, 2.24) is 0 Å². The van der Waals surface area contributed by atoms with Gasteiger partial charge in [-0.3, -0.25) is 15.1 Å². The Hall–Kier alpha value is -4.71. The van der Waals surface area contributed by atoms with E-state index in [0.717, 1.165) is 21.8 Å². The van der Waals surface area contributed by atoms with Gasteiger partial charge >= 0.3 is 0 Å². The molecule has 5 aromatic carbocycles. The Morgan fingerprint density at radius 2 is 1.53 bits per heavy atom. The Morgan fingerprint density at radius 1 is 0.842 bits per heavy atom. The van der Waals surface area contributed by atoms with E-state index in [0.29, 0.717) is 23.4 Å². The van der Waals surface area contributed by atoms with Crippen LogP contribution in [0.25, 0.3) is 21.5 Å². The summed E-state index contributed by atoms with van der Waals surface area (Å²) in [5, 5.41) is 15.2. The summed E-state index contributed by atoms with van der Waals surface area (Å²) in [6.45, 7) is 5.03. The number of ether oxygens (including phenoxy) is 1. The van der Waals surface area contributed by atoms with E-state index in [1.807, 2.05) is 54.7 Å². The molecule has 0 fully saturated rings. The molecule has 2 aliphatic rings. The second-order valence-electron chi connectivity index (χ2n) is 10.5. The highest BCUT2D eigenvalue weighted by molar-refractivity contribution is 6.17. The van der Waals surface area contributed by atoms with Crippen molar-refractivity contribution in [1.29, 1.82) is 0 Å². The summed E-state index contributed by atoms with van der Waals surface area (Å²) in [4.78, 5) is 18.6. The molecule has 38 heavy (non-hydrogen) atoms. The number of fused-ring (bicyclic) bond motifs is 7. The van der Waals surface area contributed by atoms with Crippen LogP contribution in [0.5, 0.6) is 5.75 Å². The normalized spacial score (nSPS) is 18.9. The Bertz CT molecular complexity index is 1800. The number of rotatable bonds is 3. The SMILES string of the molecule is CC1(C)c2ccccc2N(Cc2ccccc2)C12C=Nc1c(c3ccccc3c3ccc([N+](=O)[O-])cc13)O2. The summed E-state index contributed by atoms with van der Waals surface area (Å²) >= 11 is 0. The lowest BCUT2D eigenvalue weighted by atomic mass is 9.77. The van der Waals surface area contributed by atoms with Gasteiger partial charge in [-0.1, -0.05) is 72.8 Å². The highest BCUT2D eigenvalue weighted by Gasteiger charge is 2.59. The average Bonchev–Trinajstić information content (AvgIpc) is 3.12. The topological polar surface area (TPSA) is 68.0 Å². The first kappa shape index (κ1) is 22.5. The van der Waals surface area contributed by atoms with Crippen LogP contribution in [0.4, 0.5) is 17.1 Å². The fraction of sp³-hybridized carbons (Fsp3) is 0.156. The van der Waals surface area contributed by atoms with Crippen molar-refractivity contribution in [2.45, 2.75) is 31.5 Å². The van der Waals surface area contributed by atoms with Crippen molar-refractivity contribution < 1.29 is 9.66 Å². The van der Waals surface area contributed by atoms with Gasteiger partial charge in [0.15, 0.2) is 5.75 Å². The van der Waals surface area contributed by atoms with Crippen molar-refractivity contribution in [3.8, 4) is 5.75 Å². The molecule has 1 unspecified atom stereocenters. The molecule has 0 radical (unpaired) electrons. The number of nitrogens with zero attached hydrogens (tertiary/aromatic N) is 3. The van der Waals surface area contributed by atoms with E-state index < -0.39 is 11.1 Å². The third kappa shape index (κ3) is 2.97. The minimum atomic E-state index is -0.906. The third-order valence-corrected chi connectivity index (χ3v) is 8.12. The van der Waals surface area contributed by atoms with Crippen molar-refractivity contribution in [2.24, 2.45) is 4.99 Å². The summed E-state index contributed by atoms with van der Waals surface area (Å²) in [7, 11) is 0. The molecule has 5 aromatic rings. The third-order valence-electron chi connectivity index (χ3n) is 8.12. The molecule has 1 atom stereocenters. The molecule has 6 nitrogen and oxygen atoms in total. The minimum absolute atomic E-state index is 0.0322. The Balaban J connectivity index is 1.50. The second kappa shape index (κ2) is 7.89. The van der Waals surface area contributed by atoms with E-state index in [-0.39, 0.29) is 10.6 Å². The molecule has 0 saturated heterocycles. The summed E-state index contributed by atoms with van der Waals surface area (Å²) in [6, 6.07) is 31.8. The number of benzene rings is 5. The number of para-hydroxylation sites is 1. The zero-order valence-electron chi connectivity index (χ0n) is 21.1. The number of nitro benzene ring substituents is 1. The van der Waals surface area contributed by atoms with Gasteiger partial charge < -0.3 is 9.64 Å². The largest absolute Gasteiger partial charge is 0.459 e. The molecule has 7 rings (SSSR count). The average molecular weight is 500 g/mol. The Kier molecular flexibility index (Phi) is 4.67. The molecule has 0 N–H and O–H groups in total. The van der Waals surface area contributed by atoms with Crippen LogP contribution in [0.15, 0.2) is 102 Å². The summed E-state index contributed by atoms with van der Waals surface area (Å²) in [6.07, 6.45) is 1.91. The van der Waals surface area contributed by atoms with Crippen molar-refractivity contribution in [3.05, 3.63) is 118 Å². The van der Waals surface area contributed by atoms with Gasteiger partial charge in [0.25, 0.3) is 5.69 Å². The van der Waals surface area contributed by atoms with Crippen LogP contribution in [0, 0.1) is 10.1 Å². The van der Waals surface area contributed by atoms with Gasteiger partial charge in [0.1, 0.15) is 5.69 Å². The quantitative estimate of drug-likeness (QED) is 0.145. The molecule has 0 amide bonds. The van der Waals surface area contributed by atoms with Crippen LogP contribution in [0.3, 0.4) is 0 Å². The summed E-state index contributed by atoms with van der Waals surface area (Å²) in [5.74, 6) is 0.648. The van der Waals surface area contributed by atoms with E-state index in [1.165, 1.54) is 11.1 Å². The molecule has 6 heteroatoms. The maximum Gasteiger partial charge on any atom is 0.270 e. The molecule has 0 aromatic heterocycles. The number of nitro groups is 1. The van der Waals surface area contributed by atoms with Crippen LogP contribution in [0.1, 0.15) is 25.0 Å². The molecule has 2 aliphatic heterocycles. The van der Waals surface area contributed by atoms with Gasteiger partial charge in [0.2, 0.25) is 5.72 Å². The lowest BCUT2D eigenvalue weighted by Crippen LogP contribution is -2.62. The lowest BCUT2D eigenvalue weighted by molar-refractivity contribution is -0.384. The van der Waals surface area contributed by atoms with Gasteiger partial charge in [-0.15, -0.1) is 0 Å². The number of anilines is 1. The first-order valence-corrected chi connectivity index (χ1v) is 12.7. The highest BCUT2D eigenvalue weighted by Crippen LogP contribution is 2.57. The predicted octanol–water partition coefficient (Wildman–Crippen LogP) is 7.69. The fourth-order valence-electron chi connectivity index (χ4n) is 6.14. The van der Waals surface area contributed by atoms with Crippen molar-refractivity contribution in [3.63, 3.8) is 0 Å². The van der Waals surface area contributed by atoms with Gasteiger partial charge in [-0.25, -0.2) is 0 Å². The van der Waals surface area contributed by atoms with E-state index in [1.54, 1.807) is 12.1 Å². The number of hydrogen-bond acceptors (Lipinski definition) is 5. The summed E-state index contributed by atoms with van der Waals surface area (Å²) < 4.78 is 7.19. The number of aliphatic imine (C=N–C) groups is 1. The van der Waals surface area contributed by atoms with Crippen LogP contribution in [-0.4, -0.2) is 16.9 Å². The van der Waals surface area contributed by atoms with E-state index in [9.17, 15) is 10.1 Å². The first-order chi connectivity index (χ1) is 18.4. The van der Waals surface area contributed by atoms with Gasteiger partial charge in [-0.2, -0.15) is 0 Å². The minimum Gasteiger partial charge on any atom is -0.459 e. The second-order valence-corrected chi connectivity index (χ2v) is 10.5. The molecule has 186 valence electrons. The molecule has 0 saturated carbocycles. The standard InChI is InChI=1S/C32H25N3O3/c1-31(2)27-14-8-9-15-28(27)34(19-21-10-4-3-5-11-21)32(31)20-33-29-26-18-22(35(36)37)16-17-24(26)23-12-6-7-13-25(23)30(29)38-32/h3-18,20H,19H2,1-2H3. The highest BCUT2D eigenvalue weighted by atomic mass is 16.6. The maximum absolute atomic E-state index is 11.6. The van der Waals surface area contributed by atoms with Gasteiger partial charge in [0.05, 0.1) is 16.6 Å². The van der Waals surface area contributed by atoms with Gasteiger partial charge in [-0.05, 0) is 47.9 Å². The molecular formula is C32H25N3O3. The smallest absolute Gasteiger partial charge is 0.270 e.